The van der Waals surface area contributed by atoms with Crippen LogP contribution in [0.15, 0.2) is 41.8 Å². The highest BCUT2D eigenvalue weighted by Gasteiger charge is 2.16. The lowest BCUT2D eigenvalue weighted by atomic mass is 9.95. The minimum Gasteiger partial charge on any atom is -0.304 e. The van der Waals surface area contributed by atoms with Crippen molar-refractivity contribution in [1.29, 1.82) is 0 Å². The van der Waals surface area contributed by atoms with Crippen molar-refractivity contribution < 1.29 is 0 Å². The zero-order chi connectivity index (χ0) is 16.4. The molecule has 124 valence electrons. The van der Waals surface area contributed by atoms with Gasteiger partial charge < -0.3 is 9.80 Å². The summed E-state index contributed by atoms with van der Waals surface area (Å²) in [6.45, 7) is 5.94. The van der Waals surface area contributed by atoms with Crippen LogP contribution >= 0.6 is 11.3 Å². The van der Waals surface area contributed by atoms with Crippen molar-refractivity contribution >= 4 is 29.1 Å². The van der Waals surface area contributed by atoms with Crippen molar-refractivity contribution in [2.45, 2.75) is 6.42 Å². The second-order valence-corrected chi connectivity index (χ2v) is 7.62. The molecule has 0 bridgehead atoms. The van der Waals surface area contributed by atoms with Crippen LogP contribution in [0.2, 0.25) is 0 Å². The Labute approximate surface area is 148 Å². The summed E-state index contributed by atoms with van der Waals surface area (Å²) in [5.41, 5.74) is 5.48. The van der Waals surface area contributed by atoms with Gasteiger partial charge in [0.25, 0.3) is 0 Å². The number of piperazine rings is 1. The Morgan fingerprint density at radius 3 is 2.71 bits per heavy atom. The van der Waals surface area contributed by atoms with E-state index in [0.717, 1.165) is 13.0 Å². The maximum atomic E-state index is 2.59. The van der Waals surface area contributed by atoms with Crippen LogP contribution in [0.3, 0.4) is 0 Å². The van der Waals surface area contributed by atoms with Gasteiger partial charge in [-0.3, -0.25) is 0 Å². The Balaban J connectivity index is 1.57. The molecule has 1 aromatic heterocycles. The summed E-state index contributed by atoms with van der Waals surface area (Å²) >= 11 is 1.83. The molecule has 3 heteroatoms. The lowest BCUT2D eigenvalue weighted by Gasteiger charge is -2.32. The summed E-state index contributed by atoms with van der Waals surface area (Å²) in [7, 11) is 2.22. The van der Waals surface area contributed by atoms with E-state index >= 15 is 0 Å². The highest BCUT2D eigenvalue weighted by atomic mass is 32.1. The first-order chi connectivity index (χ1) is 11.8. The van der Waals surface area contributed by atoms with E-state index in [1.807, 2.05) is 11.3 Å². The maximum absolute atomic E-state index is 2.59. The molecular formula is C21H24N2S. The van der Waals surface area contributed by atoms with Crippen molar-refractivity contribution in [1.82, 2.24) is 9.80 Å². The van der Waals surface area contributed by atoms with Crippen LogP contribution in [-0.2, 0) is 0 Å². The molecule has 0 atom stereocenters. The lowest BCUT2D eigenvalue weighted by Crippen LogP contribution is -2.44. The Morgan fingerprint density at radius 2 is 1.83 bits per heavy atom. The third kappa shape index (κ3) is 3.25. The number of thiophene rings is 1. The predicted octanol–water partition coefficient (Wildman–Crippen LogP) is 4.30. The average Bonchev–Trinajstić information content (AvgIpc) is 3.02. The van der Waals surface area contributed by atoms with Gasteiger partial charge in [0, 0.05) is 37.6 Å². The lowest BCUT2D eigenvalue weighted by molar-refractivity contribution is 0.156. The van der Waals surface area contributed by atoms with E-state index < -0.39 is 0 Å². The smallest absolute Gasteiger partial charge is 0.0349 e. The van der Waals surface area contributed by atoms with E-state index in [-0.39, 0.29) is 0 Å². The second kappa shape index (κ2) is 7.06. The molecule has 4 rings (SSSR count). The number of rotatable bonds is 3. The molecule has 0 radical (unpaired) electrons. The summed E-state index contributed by atoms with van der Waals surface area (Å²) < 4.78 is 0. The average molecular weight is 337 g/mol. The Kier molecular flexibility index (Phi) is 4.65. The summed E-state index contributed by atoms with van der Waals surface area (Å²) in [5, 5.41) is 2.21. The number of benzene rings is 1. The first kappa shape index (κ1) is 15.8. The second-order valence-electron chi connectivity index (χ2n) is 6.67. The van der Waals surface area contributed by atoms with Crippen LogP contribution in [0.25, 0.3) is 17.7 Å². The fourth-order valence-electron chi connectivity index (χ4n) is 3.55. The molecule has 0 spiro atoms. The minimum absolute atomic E-state index is 1.11. The van der Waals surface area contributed by atoms with Gasteiger partial charge >= 0.3 is 0 Å². The zero-order valence-corrected chi connectivity index (χ0v) is 15.1. The Bertz CT molecular complexity index is 764. The molecular weight excluding hydrogens is 312 g/mol. The number of hydrogen-bond donors (Lipinski definition) is 0. The first-order valence-electron chi connectivity index (χ1n) is 8.78. The van der Waals surface area contributed by atoms with Gasteiger partial charge in [-0.1, -0.05) is 36.4 Å². The zero-order valence-electron chi connectivity index (χ0n) is 14.2. The van der Waals surface area contributed by atoms with E-state index in [4.69, 9.17) is 0 Å². The van der Waals surface area contributed by atoms with E-state index in [1.54, 1.807) is 0 Å². The SMILES string of the molecule is CN1CCN(CCC=C2c3ccccc3C=Cc3sccc32)CC1. The summed E-state index contributed by atoms with van der Waals surface area (Å²) in [5.74, 6) is 0. The minimum atomic E-state index is 1.11. The normalized spacial score (nSPS) is 20.0. The number of likely N-dealkylation sites (N-methyl/N-ethyl adjacent to an activating group) is 1. The van der Waals surface area contributed by atoms with Gasteiger partial charge in [0.1, 0.15) is 0 Å². The van der Waals surface area contributed by atoms with Crippen molar-refractivity contribution in [3.8, 4) is 0 Å². The van der Waals surface area contributed by atoms with Gasteiger partial charge in [0.2, 0.25) is 0 Å². The Hall–Kier alpha value is -1.68. The molecule has 1 saturated heterocycles. The van der Waals surface area contributed by atoms with Crippen LogP contribution < -0.4 is 0 Å². The van der Waals surface area contributed by atoms with E-state index in [0.29, 0.717) is 0 Å². The fraction of sp³-hybridized carbons (Fsp3) is 0.333. The molecule has 1 aliphatic carbocycles. The molecule has 2 aromatic rings. The molecule has 1 aromatic carbocycles. The van der Waals surface area contributed by atoms with Crippen LogP contribution in [0.5, 0.6) is 0 Å². The van der Waals surface area contributed by atoms with E-state index in [2.05, 4.69) is 70.8 Å². The largest absolute Gasteiger partial charge is 0.304 e. The molecule has 2 heterocycles. The van der Waals surface area contributed by atoms with E-state index in [1.165, 1.54) is 53.3 Å². The van der Waals surface area contributed by atoms with E-state index in [9.17, 15) is 0 Å². The van der Waals surface area contributed by atoms with Gasteiger partial charge in [-0.2, -0.15) is 0 Å². The molecule has 0 unspecified atom stereocenters. The molecule has 1 aliphatic heterocycles. The fourth-order valence-corrected chi connectivity index (χ4v) is 4.36. The van der Waals surface area contributed by atoms with Crippen molar-refractivity contribution in [2.24, 2.45) is 0 Å². The van der Waals surface area contributed by atoms with Crippen LogP contribution in [-0.4, -0.2) is 49.6 Å². The van der Waals surface area contributed by atoms with Crippen molar-refractivity contribution in [2.75, 3.05) is 39.8 Å². The highest BCUT2D eigenvalue weighted by Crippen LogP contribution is 2.36. The Morgan fingerprint density at radius 1 is 1.00 bits per heavy atom. The van der Waals surface area contributed by atoms with Crippen molar-refractivity contribution in [3.05, 3.63) is 63.4 Å². The third-order valence-corrected chi connectivity index (χ3v) is 5.92. The molecule has 2 nitrogen and oxygen atoms in total. The van der Waals surface area contributed by atoms with Gasteiger partial charge in [-0.05, 0) is 53.3 Å². The van der Waals surface area contributed by atoms with Gasteiger partial charge in [-0.15, -0.1) is 11.3 Å². The topological polar surface area (TPSA) is 6.48 Å². The van der Waals surface area contributed by atoms with Crippen LogP contribution in [0.4, 0.5) is 0 Å². The van der Waals surface area contributed by atoms with Crippen molar-refractivity contribution in [3.63, 3.8) is 0 Å². The number of hydrogen-bond acceptors (Lipinski definition) is 3. The summed E-state index contributed by atoms with van der Waals surface area (Å²) in [4.78, 5) is 6.38. The molecule has 2 aliphatic rings. The number of fused-ring (bicyclic) bond motifs is 2. The quantitative estimate of drug-likeness (QED) is 0.703. The van der Waals surface area contributed by atoms with Crippen LogP contribution in [0.1, 0.15) is 28.0 Å². The van der Waals surface area contributed by atoms with Gasteiger partial charge in [0.15, 0.2) is 0 Å². The maximum Gasteiger partial charge on any atom is 0.0349 e. The standard InChI is InChI=1S/C21H24N2S/c1-22-12-14-23(15-13-22)11-4-7-19-18-6-3-2-5-17(18)8-9-21-20(19)10-16-24-21/h2-3,5-10,16H,4,11-15H2,1H3. The molecule has 1 fully saturated rings. The number of nitrogens with zero attached hydrogens (tertiary/aromatic N) is 2. The monoisotopic (exact) mass is 336 g/mol. The summed E-state index contributed by atoms with van der Waals surface area (Å²) in [6, 6.07) is 11.0. The molecule has 24 heavy (non-hydrogen) atoms. The van der Waals surface area contributed by atoms with Gasteiger partial charge in [0.05, 0.1) is 0 Å². The van der Waals surface area contributed by atoms with Crippen LogP contribution in [0, 0.1) is 0 Å². The molecule has 0 N–H and O–H groups in total. The first-order valence-corrected chi connectivity index (χ1v) is 9.65. The molecule has 0 saturated carbocycles. The third-order valence-electron chi connectivity index (χ3n) is 5.04. The predicted molar refractivity (Wildman–Crippen MR) is 105 cm³/mol. The van der Waals surface area contributed by atoms with Gasteiger partial charge in [-0.25, -0.2) is 0 Å². The molecule has 0 amide bonds. The highest BCUT2D eigenvalue weighted by molar-refractivity contribution is 7.11. The summed E-state index contributed by atoms with van der Waals surface area (Å²) in [6.07, 6.45) is 8.09.